The van der Waals surface area contributed by atoms with Crippen molar-refractivity contribution in [3.05, 3.63) is 59.1 Å². The van der Waals surface area contributed by atoms with Crippen LogP contribution in [0, 0.1) is 11.3 Å². The lowest BCUT2D eigenvalue weighted by Gasteiger charge is -2.36. The van der Waals surface area contributed by atoms with Crippen molar-refractivity contribution in [2.45, 2.75) is 17.9 Å². The van der Waals surface area contributed by atoms with E-state index in [1.807, 2.05) is 24.3 Å². The van der Waals surface area contributed by atoms with Gasteiger partial charge in [0, 0.05) is 26.2 Å². The van der Waals surface area contributed by atoms with Crippen LogP contribution in [0.25, 0.3) is 10.2 Å². The first-order valence-corrected chi connectivity index (χ1v) is 11.3. The fourth-order valence-electron chi connectivity index (χ4n) is 3.48. The van der Waals surface area contributed by atoms with E-state index >= 15 is 0 Å². The van der Waals surface area contributed by atoms with Crippen molar-refractivity contribution in [2.75, 3.05) is 26.2 Å². The minimum atomic E-state index is -3.67. The van der Waals surface area contributed by atoms with E-state index in [-0.39, 0.29) is 16.5 Å². The summed E-state index contributed by atoms with van der Waals surface area (Å²) in [5, 5.41) is 10.3. The zero-order chi connectivity index (χ0) is 19.7. The van der Waals surface area contributed by atoms with Crippen LogP contribution in [0.5, 0.6) is 0 Å². The number of fused-ring (bicyclic) bond motifs is 1. The van der Waals surface area contributed by atoms with E-state index in [0.717, 1.165) is 10.5 Å². The summed E-state index contributed by atoms with van der Waals surface area (Å²) < 4.78 is 28.6. The van der Waals surface area contributed by atoms with E-state index in [9.17, 15) is 13.7 Å². The van der Waals surface area contributed by atoms with Crippen molar-refractivity contribution >= 4 is 31.6 Å². The van der Waals surface area contributed by atoms with Gasteiger partial charge >= 0.3 is 0 Å². The Bertz CT molecular complexity index is 1110. The summed E-state index contributed by atoms with van der Waals surface area (Å²) in [6.07, 6.45) is 0. The number of aromatic nitrogens is 1. The molecule has 0 radical (unpaired) electrons. The Morgan fingerprint density at radius 2 is 1.75 bits per heavy atom. The molecular formula is C20H20N4O2S2. The number of nitrogens with zero attached hydrogens (tertiary/aromatic N) is 4. The van der Waals surface area contributed by atoms with Gasteiger partial charge in [0.25, 0.3) is 0 Å². The highest BCUT2D eigenvalue weighted by molar-refractivity contribution is 7.89. The van der Waals surface area contributed by atoms with E-state index in [2.05, 4.69) is 17.9 Å². The second-order valence-electron chi connectivity index (χ2n) is 6.74. The van der Waals surface area contributed by atoms with Gasteiger partial charge in [-0.1, -0.05) is 24.3 Å². The molecule has 8 heteroatoms. The van der Waals surface area contributed by atoms with Crippen LogP contribution in [-0.2, 0) is 10.0 Å². The lowest BCUT2D eigenvalue weighted by Crippen LogP contribution is -2.49. The fourth-order valence-corrected chi connectivity index (χ4v) is 6.10. The van der Waals surface area contributed by atoms with Crippen molar-refractivity contribution < 1.29 is 8.42 Å². The molecule has 1 fully saturated rings. The summed E-state index contributed by atoms with van der Waals surface area (Å²) in [6, 6.07) is 16.6. The average Bonchev–Trinajstić information content (AvgIpc) is 3.17. The zero-order valence-corrected chi connectivity index (χ0v) is 17.1. The van der Waals surface area contributed by atoms with Crippen molar-refractivity contribution in [3.63, 3.8) is 0 Å². The number of hydrogen-bond donors (Lipinski definition) is 0. The van der Waals surface area contributed by atoms with Crippen LogP contribution in [0.1, 0.15) is 23.5 Å². The Labute approximate surface area is 168 Å². The van der Waals surface area contributed by atoms with Gasteiger partial charge in [0.1, 0.15) is 11.1 Å². The minimum absolute atomic E-state index is 0.0881. The summed E-state index contributed by atoms with van der Waals surface area (Å²) in [7, 11) is -3.67. The largest absolute Gasteiger partial charge is 0.292 e. The van der Waals surface area contributed by atoms with Gasteiger partial charge in [-0.15, -0.1) is 11.3 Å². The quantitative estimate of drug-likeness (QED) is 0.657. The van der Waals surface area contributed by atoms with Crippen molar-refractivity contribution in [1.29, 1.82) is 5.26 Å². The molecule has 6 nitrogen and oxygen atoms in total. The molecule has 144 valence electrons. The Balaban J connectivity index is 1.49. The molecule has 1 aromatic heterocycles. The molecule has 28 heavy (non-hydrogen) atoms. The summed E-state index contributed by atoms with van der Waals surface area (Å²) in [4.78, 5) is 7.09. The number of thiazole rings is 1. The molecule has 2 heterocycles. The van der Waals surface area contributed by atoms with Gasteiger partial charge in [-0.05, 0) is 31.2 Å². The van der Waals surface area contributed by atoms with E-state index in [4.69, 9.17) is 4.98 Å². The molecule has 0 spiro atoms. The Morgan fingerprint density at radius 3 is 2.46 bits per heavy atom. The summed E-state index contributed by atoms with van der Waals surface area (Å²) in [5.74, 6) is 0. The maximum absolute atomic E-state index is 13.0. The smallest absolute Gasteiger partial charge is 0.244 e. The molecule has 0 bridgehead atoms. The molecule has 3 aromatic rings. The number of nitriles is 1. The highest BCUT2D eigenvalue weighted by Crippen LogP contribution is 2.30. The molecule has 0 N–H and O–H groups in total. The SMILES string of the molecule is CC(c1nc2ccccc2s1)N1CCN(S(=O)(=O)c2ccccc2C#N)CC1. The van der Waals surface area contributed by atoms with Crippen LogP contribution in [0.2, 0.25) is 0 Å². The number of benzene rings is 2. The molecule has 0 aliphatic carbocycles. The first-order valence-electron chi connectivity index (χ1n) is 9.09. The number of piperazine rings is 1. The number of sulfonamides is 1. The fraction of sp³-hybridized carbons (Fsp3) is 0.300. The van der Waals surface area contributed by atoms with Crippen LogP contribution in [0.4, 0.5) is 0 Å². The maximum Gasteiger partial charge on any atom is 0.244 e. The van der Waals surface area contributed by atoms with Gasteiger partial charge in [-0.2, -0.15) is 9.57 Å². The highest BCUT2D eigenvalue weighted by atomic mass is 32.2. The standard InChI is InChI=1S/C20H20N4O2S2/c1-15(20-22-17-7-3-4-8-18(17)27-20)23-10-12-24(13-11-23)28(25,26)19-9-5-2-6-16(19)14-21/h2-9,15H,10-13H2,1H3. The van der Waals surface area contributed by atoms with Gasteiger partial charge in [-0.3, -0.25) is 4.90 Å². The second-order valence-corrected chi connectivity index (χ2v) is 9.71. The molecule has 1 atom stereocenters. The molecule has 1 unspecified atom stereocenters. The van der Waals surface area contributed by atoms with Gasteiger partial charge in [-0.25, -0.2) is 13.4 Å². The first-order chi connectivity index (χ1) is 13.5. The normalized spacial score (nSPS) is 17.4. The summed E-state index contributed by atoms with van der Waals surface area (Å²) >= 11 is 1.69. The Hall–Kier alpha value is -2.31. The summed E-state index contributed by atoms with van der Waals surface area (Å²) in [6.45, 7) is 4.18. The third-order valence-electron chi connectivity index (χ3n) is 5.11. The van der Waals surface area contributed by atoms with Crippen molar-refractivity contribution in [3.8, 4) is 6.07 Å². The van der Waals surface area contributed by atoms with Gasteiger partial charge < -0.3 is 0 Å². The van der Waals surface area contributed by atoms with Crippen LogP contribution < -0.4 is 0 Å². The van der Waals surface area contributed by atoms with Crippen LogP contribution in [-0.4, -0.2) is 48.8 Å². The van der Waals surface area contributed by atoms with E-state index in [1.54, 1.807) is 29.5 Å². The number of para-hydroxylation sites is 1. The van der Waals surface area contributed by atoms with E-state index in [1.165, 1.54) is 15.1 Å². The number of hydrogen-bond acceptors (Lipinski definition) is 6. The first kappa shape index (κ1) is 19.0. The highest BCUT2D eigenvalue weighted by Gasteiger charge is 2.32. The van der Waals surface area contributed by atoms with Crippen LogP contribution in [0.3, 0.4) is 0 Å². The predicted molar refractivity (Wildman–Crippen MR) is 110 cm³/mol. The van der Waals surface area contributed by atoms with E-state index in [0.29, 0.717) is 26.2 Å². The topological polar surface area (TPSA) is 77.3 Å². The Kier molecular flexibility index (Phi) is 5.17. The monoisotopic (exact) mass is 412 g/mol. The van der Waals surface area contributed by atoms with Gasteiger partial charge in [0.15, 0.2) is 0 Å². The number of rotatable bonds is 4. The molecule has 1 aliphatic rings. The zero-order valence-electron chi connectivity index (χ0n) is 15.4. The predicted octanol–water partition coefficient (Wildman–Crippen LogP) is 3.24. The van der Waals surface area contributed by atoms with Gasteiger partial charge in [0.2, 0.25) is 10.0 Å². The third-order valence-corrected chi connectivity index (χ3v) is 8.28. The van der Waals surface area contributed by atoms with Gasteiger partial charge in [0.05, 0.1) is 26.7 Å². The molecule has 1 saturated heterocycles. The third kappa shape index (κ3) is 3.42. The average molecular weight is 413 g/mol. The minimum Gasteiger partial charge on any atom is -0.292 e. The maximum atomic E-state index is 13.0. The van der Waals surface area contributed by atoms with Crippen molar-refractivity contribution in [1.82, 2.24) is 14.2 Å². The molecule has 0 amide bonds. The van der Waals surface area contributed by atoms with Crippen LogP contribution in [0.15, 0.2) is 53.4 Å². The molecular weight excluding hydrogens is 392 g/mol. The summed E-state index contributed by atoms with van der Waals surface area (Å²) in [5.41, 5.74) is 1.19. The molecule has 1 aliphatic heterocycles. The Morgan fingerprint density at radius 1 is 1.07 bits per heavy atom. The lowest BCUT2D eigenvalue weighted by atomic mass is 10.2. The van der Waals surface area contributed by atoms with Crippen LogP contribution >= 0.6 is 11.3 Å². The molecule has 0 saturated carbocycles. The molecule has 4 rings (SSSR count). The lowest BCUT2D eigenvalue weighted by molar-refractivity contribution is 0.146. The van der Waals surface area contributed by atoms with Crippen molar-refractivity contribution in [2.24, 2.45) is 0 Å². The molecule has 2 aromatic carbocycles. The second kappa shape index (κ2) is 7.60. The van der Waals surface area contributed by atoms with E-state index < -0.39 is 10.0 Å².